The number of unbranched alkanes of at least 4 members (excludes halogenated alkanes) is 2. The maximum atomic E-state index is 11.5. The van der Waals surface area contributed by atoms with Gasteiger partial charge in [-0.05, 0) is 51.0 Å². The summed E-state index contributed by atoms with van der Waals surface area (Å²) in [6, 6.07) is 9.79. The van der Waals surface area contributed by atoms with E-state index in [2.05, 4.69) is 0 Å². The van der Waals surface area contributed by atoms with Crippen LogP contribution >= 0.6 is 0 Å². The predicted octanol–water partition coefficient (Wildman–Crippen LogP) is 4.00. The van der Waals surface area contributed by atoms with Crippen LogP contribution in [-0.4, -0.2) is 20.9 Å². The van der Waals surface area contributed by atoms with Crippen LogP contribution in [0.15, 0.2) is 30.3 Å². The number of rotatable bonds is 8. The Morgan fingerprint density at radius 2 is 1.74 bits per heavy atom. The molecule has 0 unspecified atom stereocenters. The van der Waals surface area contributed by atoms with Crippen molar-refractivity contribution in [3.05, 3.63) is 30.3 Å². The quantitative estimate of drug-likeness (QED) is 0.533. The first-order chi connectivity index (χ1) is 8.97. The van der Waals surface area contributed by atoms with Crippen LogP contribution in [0.5, 0.6) is 5.75 Å². The van der Waals surface area contributed by atoms with Crippen molar-refractivity contribution in [1.29, 1.82) is 0 Å². The fourth-order valence-corrected chi connectivity index (χ4v) is 2.43. The van der Waals surface area contributed by atoms with Gasteiger partial charge in [0.15, 0.2) is 0 Å². The molecule has 0 aliphatic carbocycles. The van der Waals surface area contributed by atoms with Crippen molar-refractivity contribution in [1.82, 2.24) is 0 Å². The third-order valence-corrected chi connectivity index (χ3v) is 3.30. The van der Waals surface area contributed by atoms with E-state index < -0.39 is 8.32 Å². The van der Waals surface area contributed by atoms with Crippen LogP contribution in [0.1, 0.15) is 25.7 Å². The van der Waals surface area contributed by atoms with Gasteiger partial charge in [0.1, 0.15) is 5.75 Å². The van der Waals surface area contributed by atoms with Crippen LogP contribution in [-0.2, 0) is 9.22 Å². The molecule has 0 atom stereocenters. The molecule has 0 spiro atoms. The summed E-state index contributed by atoms with van der Waals surface area (Å²) in [6.07, 6.45) is 3.36. The maximum absolute atomic E-state index is 11.5. The number of carbonyl (C=O) groups is 1. The van der Waals surface area contributed by atoms with E-state index in [1.807, 2.05) is 50.0 Å². The number of ether oxygens (including phenoxy) is 1. The largest absolute Gasteiger partial charge is 0.520 e. The van der Waals surface area contributed by atoms with E-state index in [0.29, 0.717) is 13.0 Å². The SMILES string of the molecule is C[Si](C)(C)OC(=O)CCCCCOc1ccccc1. The van der Waals surface area contributed by atoms with Gasteiger partial charge in [0, 0.05) is 6.42 Å². The molecule has 0 aromatic heterocycles. The van der Waals surface area contributed by atoms with Gasteiger partial charge in [-0.15, -0.1) is 0 Å². The molecule has 106 valence electrons. The van der Waals surface area contributed by atoms with E-state index in [9.17, 15) is 4.79 Å². The van der Waals surface area contributed by atoms with Crippen molar-refractivity contribution in [2.24, 2.45) is 0 Å². The molecule has 4 heteroatoms. The molecule has 0 bridgehead atoms. The van der Waals surface area contributed by atoms with Crippen molar-refractivity contribution in [3.63, 3.8) is 0 Å². The van der Waals surface area contributed by atoms with Crippen molar-refractivity contribution in [2.75, 3.05) is 6.61 Å². The maximum Gasteiger partial charge on any atom is 0.292 e. The topological polar surface area (TPSA) is 35.5 Å². The molecule has 3 nitrogen and oxygen atoms in total. The Balaban J connectivity index is 2.01. The zero-order chi connectivity index (χ0) is 14.1. The average Bonchev–Trinajstić information content (AvgIpc) is 2.32. The van der Waals surface area contributed by atoms with E-state index >= 15 is 0 Å². The zero-order valence-corrected chi connectivity index (χ0v) is 13.1. The fraction of sp³-hybridized carbons (Fsp3) is 0.533. The van der Waals surface area contributed by atoms with E-state index in [0.717, 1.165) is 25.0 Å². The number of hydrogen-bond donors (Lipinski definition) is 0. The lowest BCUT2D eigenvalue weighted by atomic mass is 10.2. The van der Waals surface area contributed by atoms with Crippen molar-refractivity contribution < 1.29 is 14.0 Å². The standard InChI is InChI=1S/C15H24O3Si/c1-19(2,3)18-15(16)12-8-5-9-13-17-14-10-6-4-7-11-14/h4,6-7,10-11H,5,8-9,12-13H2,1-3H3. The van der Waals surface area contributed by atoms with Gasteiger partial charge < -0.3 is 9.16 Å². The van der Waals surface area contributed by atoms with Crippen LogP contribution < -0.4 is 4.74 Å². The van der Waals surface area contributed by atoms with Crippen LogP contribution in [0.2, 0.25) is 19.6 Å². The summed E-state index contributed by atoms with van der Waals surface area (Å²) in [6.45, 7) is 6.78. The molecule has 0 fully saturated rings. The molecule has 0 saturated carbocycles. The van der Waals surface area contributed by atoms with Gasteiger partial charge in [0.05, 0.1) is 6.61 Å². The molecule has 0 aliphatic heterocycles. The molecule has 1 rings (SSSR count). The van der Waals surface area contributed by atoms with Gasteiger partial charge in [0.25, 0.3) is 5.97 Å². The smallest absolute Gasteiger partial charge is 0.292 e. The Kier molecular flexibility index (Phi) is 6.63. The summed E-state index contributed by atoms with van der Waals surface area (Å²) in [5, 5.41) is 0. The van der Waals surface area contributed by atoms with E-state index in [1.54, 1.807) is 0 Å². The summed E-state index contributed by atoms with van der Waals surface area (Å²) in [4.78, 5) is 11.5. The molecular weight excluding hydrogens is 256 g/mol. The minimum Gasteiger partial charge on any atom is -0.520 e. The molecule has 0 amide bonds. The van der Waals surface area contributed by atoms with Gasteiger partial charge in [-0.1, -0.05) is 18.2 Å². The van der Waals surface area contributed by atoms with Gasteiger partial charge in [0.2, 0.25) is 8.32 Å². The van der Waals surface area contributed by atoms with Crippen LogP contribution in [0.3, 0.4) is 0 Å². The second-order valence-corrected chi connectivity index (χ2v) is 9.99. The summed E-state index contributed by atoms with van der Waals surface area (Å²) >= 11 is 0. The zero-order valence-electron chi connectivity index (χ0n) is 12.1. The first kappa shape index (κ1) is 15.8. The Bertz CT molecular complexity index is 371. The van der Waals surface area contributed by atoms with Crippen molar-refractivity contribution in [3.8, 4) is 5.75 Å². The van der Waals surface area contributed by atoms with Crippen molar-refractivity contribution in [2.45, 2.75) is 45.3 Å². The van der Waals surface area contributed by atoms with Gasteiger partial charge in [-0.3, -0.25) is 4.79 Å². The van der Waals surface area contributed by atoms with Gasteiger partial charge in [-0.25, -0.2) is 0 Å². The fourth-order valence-electron chi connectivity index (χ4n) is 1.65. The van der Waals surface area contributed by atoms with Crippen molar-refractivity contribution >= 4 is 14.3 Å². The lowest BCUT2D eigenvalue weighted by Crippen LogP contribution is -2.28. The summed E-state index contributed by atoms with van der Waals surface area (Å²) in [5.41, 5.74) is 0. The predicted molar refractivity (Wildman–Crippen MR) is 79.8 cm³/mol. The lowest BCUT2D eigenvalue weighted by Gasteiger charge is -2.17. The Morgan fingerprint density at radius 3 is 2.37 bits per heavy atom. The monoisotopic (exact) mass is 280 g/mol. The minimum absolute atomic E-state index is 0.0526. The number of para-hydroxylation sites is 1. The highest BCUT2D eigenvalue weighted by molar-refractivity contribution is 6.71. The lowest BCUT2D eigenvalue weighted by molar-refractivity contribution is -0.135. The molecule has 1 aromatic carbocycles. The van der Waals surface area contributed by atoms with Gasteiger partial charge in [-0.2, -0.15) is 0 Å². The Morgan fingerprint density at radius 1 is 1.05 bits per heavy atom. The first-order valence-corrected chi connectivity index (χ1v) is 10.3. The molecular formula is C15H24O3Si. The van der Waals surface area contributed by atoms with Crippen LogP contribution in [0, 0.1) is 0 Å². The van der Waals surface area contributed by atoms with E-state index in [4.69, 9.17) is 9.16 Å². The van der Waals surface area contributed by atoms with Gasteiger partial charge >= 0.3 is 0 Å². The Hall–Kier alpha value is -1.29. The van der Waals surface area contributed by atoms with Crippen LogP contribution in [0.4, 0.5) is 0 Å². The highest BCUT2D eigenvalue weighted by atomic mass is 28.4. The summed E-state index contributed by atoms with van der Waals surface area (Å²) in [7, 11) is -1.71. The molecule has 0 saturated heterocycles. The minimum atomic E-state index is -1.71. The number of hydrogen-bond acceptors (Lipinski definition) is 3. The third kappa shape index (κ3) is 8.43. The first-order valence-electron chi connectivity index (χ1n) is 6.87. The highest BCUT2D eigenvalue weighted by Crippen LogP contribution is 2.11. The summed E-state index contributed by atoms with van der Waals surface area (Å²) < 4.78 is 11.0. The molecule has 19 heavy (non-hydrogen) atoms. The molecule has 0 aliphatic rings. The van der Waals surface area contributed by atoms with E-state index in [1.165, 1.54) is 0 Å². The number of carbonyl (C=O) groups excluding carboxylic acids is 1. The normalized spacial score (nSPS) is 11.1. The molecule has 0 heterocycles. The molecule has 0 N–H and O–H groups in total. The summed E-state index contributed by atoms with van der Waals surface area (Å²) in [5.74, 6) is 0.851. The second-order valence-electron chi connectivity index (χ2n) is 5.56. The third-order valence-electron chi connectivity index (χ3n) is 2.46. The Labute approximate surface area is 117 Å². The number of benzene rings is 1. The molecule has 1 aromatic rings. The second kappa shape index (κ2) is 7.99. The van der Waals surface area contributed by atoms with Crippen LogP contribution in [0.25, 0.3) is 0 Å². The average molecular weight is 280 g/mol. The highest BCUT2D eigenvalue weighted by Gasteiger charge is 2.19. The molecule has 0 radical (unpaired) electrons. The van der Waals surface area contributed by atoms with E-state index in [-0.39, 0.29) is 5.97 Å².